The largest absolute Gasteiger partial charge is 0.497 e. The zero-order valence-electron chi connectivity index (χ0n) is 11.9. The highest BCUT2D eigenvalue weighted by Gasteiger charge is 2.13. The molecule has 2 nitrogen and oxygen atoms in total. The fraction of sp³-hybridized carbons (Fsp3) is 0.294. The van der Waals surface area contributed by atoms with Crippen molar-refractivity contribution < 1.29 is 4.74 Å². The minimum absolute atomic E-state index is 0.0407. The zero-order chi connectivity index (χ0) is 14.4. The topological polar surface area (TPSA) is 12.5 Å². The van der Waals surface area contributed by atoms with Gasteiger partial charge in [0.2, 0.25) is 0 Å². The molecule has 3 heteroatoms. The summed E-state index contributed by atoms with van der Waals surface area (Å²) in [6, 6.07) is 18.3. The molecule has 2 aromatic rings. The lowest BCUT2D eigenvalue weighted by atomic mass is 10.1. The Morgan fingerprint density at radius 1 is 1.05 bits per heavy atom. The van der Waals surface area contributed by atoms with Gasteiger partial charge in [0.25, 0.3) is 0 Å². The number of alkyl halides is 1. The van der Waals surface area contributed by atoms with Gasteiger partial charge in [-0.15, -0.1) is 11.6 Å². The second-order valence-electron chi connectivity index (χ2n) is 4.61. The van der Waals surface area contributed by atoms with Crippen LogP contribution in [0.3, 0.4) is 0 Å². The number of halogens is 1. The fourth-order valence-electron chi connectivity index (χ4n) is 2.17. The lowest BCUT2D eigenvalue weighted by molar-refractivity contribution is 0.414. The molecular formula is C17H20ClNO. The van der Waals surface area contributed by atoms with Gasteiger partial charge in [-0.05, 0) is 36.8 Å². The SMILES string of the molecule is CCN(CC(Cl)c1ccc(OC)cc1)c1ccccc1. The zero-order valence-corrected chi connectivity index (χ0v) is 12.7. The molecule has 0 aliphatic heterocycles. The van der Waals surface area contributed by atoms with Gasteiger partial charge >= 0.3 is 0 Å². The van der Waals surface area contributed by atoms with E-state index in [1.807, 2.05) is 30.3 Å². The van der Waals surface area contributed by atoms with Gasteiger partial charge in [-0.1, -0.05) is 30.3 Å². The summed E-state index contributed by atoms with van der Waals surface area (Å²) in [4.78, 5) is 2.28. The van der Waals surface area contributed by atoms with Crippen molar-refractivity contribution >= 4 is 17.3 Å². The Morgan fingerprint density at radius 3 is 2.25 bits per heavy atom. The minimum atomic E-state index is -0.0407. The molecule has 2 rings (SSSR count). The van der Waals surface area contributed by atoms with Crippen molar-refractivity contribution in [1.29, 1.82) is 0 Å². The summed E-state index contributed by atoms with van der Waals surface area (Å²) in [6.45, 7) is 3.86. The number of hydrogen-bond acceptors (Lipinski definition) is 2. The highest BCUT2D eigenvalue weighted by Crippen LogP contribution is 2.26. The summed E-state index contributed by atoms with van der Waals surface area (Å²) >= 11 is 6.54. The molecule has 0 saturated heterocycles. The Labute approximate surface area is 125 Å². The second-order valence-corrected chi connectivity index (χ2v) is 5.14. The number of methoxy groups -OCH3 is 1. The molecule has 0 spiro atoms. The third-order valence-electron chi connectivity index (χ3n) is 3.36. The van der Waals surface area contributed by atoms with E-state index in [4.69, 9.17) is 16.3 Å². The maximum absolute atomic E-state index is 6.54. The van der Waals surface area contributed by atoms with Crippen LogP contribution in [0, 0.1) is 0 Å². The van der Waals surface area contributed by atoms with Crippen LogP contribution in [0.2, 0.25) is 0 Å². The Hall–Kier alpha value is -1.67. The smallest absolute Gasteiger partial charge is 0.118 e. The number of para-hydroxylation sites is 1. The standard InChI is InChI=1S/C17H20ClNO/c1-3-19(15-7-5-4-6-8-15)13-17(18)14-9-11-16(20-2)12-10-14/h4-12,17H,3,13H2,1-2H3. The van der Waals surface area contributed by atoms with Crippen LogP contribution in [-0.4, -0.2) is 20.2 Å². The fourth-order valence-corrected chi connectivity index (χ4v) is 2.48. The van der Waals surface area contributed by atoms with Gasteiger partial charge in [-0.3, -0.25) is 0 Å². The second kappa shape index (κ2) is 7.20. The van der Waals surface area contributed by atoms with Gasteiger partial charge in [0.05, 0.1) is 12.5 Å². The average Bonchev–Trinajstić information content (AvgIpc) is 2.53. The molecule has 106 valence electrons. The third-order valence-corrected chi connectivity index (χ3v) is 3.75. The molecular weight excluding hydrogens is 270 g/mol. The van der Waals surface area contributed by atoms with Crippen molar-refractivity contribution in [3.8, 4) is 5.75 Å². The van der Waals surface area contributed by atoms with Crippen molar-refractivity contribution in [3.05, 3.63) is 60.2 Å². The highest BCUT2D eigenvalue weighted by molar-refractivity contribution is 6.21. The van der Waals surface area contributed by atoms with E-state index >= 15 is 0 Å². The lowest BCUT2D eigenvalue weighted by Gasteiger charge is -2.25. The average molecular weight is 290 g/mol. The molecule has 0 aliphatic rings. The van der Waals surface area contributed by atoms with Gasteiger partial charge in [-0.2, -0.15) is 0 Å². The van der Waals surface area contributed by atoms with Crippen molar-refractivity contribution in [3.63, 3.8) is 0 Å². The van der Waals surface area contributed by atoms with E-state index in [1.54, 1.807) is 7.11 Å². The van der Waals surface area contributed by atoms with Gasteiger partial charge in [-0.25, -0.2) is 0 Å². The van der Waals surface area contributed by atoms with Gasteiger partial charge in [0.1, 0.15) is 5.75 Å². The predicted octanol–water partition coefficient (Wildman–Crippen LogP) is 4.50. The summed E-state index contributed by atoms with van der Waals surface area (Å²) in [5.74, 6) is 0.855. The summed E-state index contributed by atoms with van der Waals surface area (Å²) in [7, 11) is 1.67. The Balaban J connectivity index is 2.06. The van der Waals surface area contributed by atoms with E-state index in [2.05, 4.69) is 36.1 Å². The lowest BCUT2D eigenvalue weighted by Crippen LogP contribution is -2.26. The first-order valence-electron chi connectivity index (χ1n) is 6.82. The first-order chi connectivity index (χ1) is 9.74. The Morgan fingerprint density at radius 2 is 1.70 bits per heavy atom. The summed E-state index contributed by atoms with van der Waals surface area (Å²) < 4.78 is 5.17. The van der Waals surface area contributed by atoms with E-state index in [1.165, 1.54) is 5.69 Å². The van der Waals surface area contributed by atoms with Crippen LogP contribution in [0.15, 0.2) is 54.6 Å². The van der Waals surface area contributed by atoms with E-state index < -0.39 is 0 Å². The molecule has 0 aromatic heterocycles. The number of nitrogens with zero attached hydrogens (tertiary/aromatic N) is 1. The first-order valence-corrected chi connectivity index (χ1v) is 7.26. The number of hydrogen-bond donors (Lipinski definition) is 0. The molecule has 0 bridgehead atoms. The maximum atomic E-state index is 6.54. The van der Waals surface area contributed by atoms with E-state index in [0.29, 0.717) is 0 Å². The number of anilines is 1. The van der Waals surface area contributed by atoms with Crippen LogP contribution >= 0.6 is 11.6 Å². The van der Waals surface area contributed by atoms with Crippen molar-refractivity contribution in [1.82, 2.24) is 0 Å². The number of ether oxygens (including phenoxy) is 1. The van der Waals surface area contributed by atoms with Crippen LogP contribution in [0.1, 0.15) is 17.9 Å². The monoisotopic (exact) mass is 289 g/mol. The van der Waals surface area contributed by atoms with Gasteiger partial charge in [0.15, 0.2) is 0 Å². The summed E-state index contributed by atoms with van der Waals surface area (Å²) in [5.41, 5.74) is 2.32. The molecule has 0 aliphatic carbocycles. The number of likely N-dealkylation sites (N-methyl/N-ethyl adjacent to an activating group) is 1. The van der Waals surface area contributed by atoms with E-state index in [-0.39, 0.29) is 5.38 Å². The predicted molar refractivity (Wildman–Crippen MR) is 85.9 cm³/mol. The Kier molecular flexibility index (Phi) is 5.31. The Bertz CT molecular complexity index is 512. The van der Waals surface area contributed by atoms with Crippen molar-refractivity contribution in [2.24, 2.45) is 0 Å². The molecule has 2 aromatic carbocycles. The minimum Gasteiger partial charge on any atom is -0.497 e. The number of rotatable bonds is 6. The van der Waals surface area contributed by atoms with Crippen LogP contribution in [0.25, 0.3) is 0 Å². The van der Waals surface area contributed by atoms with Gasteiger partial charge < -0.3 is 9.64 Å². The molecule has 0 radical (unpaired) electrons. The van der Waals surface area contributed by atoms with Crippen LogP contribution in [0.5, 0.6) is 5.75 Å². The highest BCUT2D eigenvalue weighted by atomic mass is 35.5. The van der Waals surface area contributed by atoms with E-state index in [9.17, 15) is 0 Å². The summed E-state index contributed by atoms with van der Waals surface area (Å²) in [6.07, 6.45) is 0. The van der Waals surface area contributed by atoms with Crippen LogP contribution < -0.4 is 9.64 Å². The normalized spacial score (nSPS) is 11.9. The van der Waals surface area contributed by atoms with Crippen LogP contribution in [0.4, 0.5) is 5.69 Å². The van der Waals surface area contributed by atoms with Gasteiger partial charge in [0, 0.05) is 18.8 Å². The molecule has 1 atom stereocenters. The first kappa shape index (κ1) is 14.7. The third kappa shape index (κ3) is 3.67. The van der Waals surface area contributed by atoms with Crippen LogP contribution in [-0.2, 0) is 0 Å². The quantitative estimate of drug-likeness (QED) is 0.726. The maximum Gasteiger partial charge on any atom is 0.118 e. The molecule has 0 fully saturated rings. The molecule has 0 amide bonds. The summed E-state index contributed by atoms with van der Waals surface area (Å²) in [5, 5.41) is -0.0407. The molecule has 20 heavy (non-hydrogen) atoms. The van der Waals surface area contributed by atoms with Crippen molar-refractivity contribution in [2.45, 2.75) is 12.3 Å². The molecule has 1 unspecified atom stereocenters. The molecule has 0 saturated carbocycles. The molecule has 0 N–H and O–H groups in total. The number of benzene rings is 2. The molecule has 0 heterocycles. The van der Waals surface area contributed by atoms with E-state index in [0.717, 1.165) is 24.4 Å². The van der Waals surface area contributed by atoms with Crippen molar-refractivity contribution in [2.75, 3.05) is 25.1 Å².